The van der Waals surface area contributed by atoms with E-state index in [1.54, 1.807) is 6.20 Å². The first-order valence-corrected chi connectivity index (χ1v) is 3.05. The van der Waals surface area contributed by atoms with Crippen LogP contribution in [0, 0.1) is 0 Å². The molecule has 0 spiro atoms. The minimum absolute atomic E-state index is 0.875. The summed E-state index contributed by atoms with van der Waals surface area (Å²) in [7, 11) is 0. The van der Waals surface area contributed by atoms with E-state index in [0.717, 1.165) is 5.70 Å². The third-order valence-electron chi connectivity index (χ3n) is 0.388. The maximum Gasteiger partial charge on any atom is 0.0211 e. The molecule has 9 heavy (non-hydrogen) atoms. The lowest BCUT2D eigenvalue weighted by atomic mass is 10.6. The molecule has 0 atom stereocenters. The van der Waals surface area contributed by atoms with E-state index in [-0.39, 0.29) is 0 Å². The molecule has 0 saturated heterocycles. The Morgan fingerprint density at radius 2 is 1.89 bits per heavy atom. The number of hydrogen-bond acceptors (Lipinski definition) is 2. The van der Waals surface area contributed by atoms with Gasteiger partial charge >= 0.3 is 0 Å². The van der Waals surface area contributed by atoms with Gasteiger partial charge in [0.1, 0.15) is 0 Å². The average molecular weight is 128 g/mol. The van der Waals surface area contributed by atoms with Gasteiger partial charge in [0.25, 0.3) is 0 Å². The van der Waals surface area contributed by atoms with Gasteiger partial charge in [0.15, 0.2) is 0 Å². The topological polar surface area (TPSA) is 24.1 Å². The summed E-state index contributed by atoms with van der Waals surface area (Å²) < 4.78 is 0. The SMILES string of the molecule is C=CNNC(=C)C.CC. The zero-order valence-corrected chi connectivity index (χ0v) is 6.49. The van der Waals surface area contributed by atoms with Gasteiger partial charge in [-0.25, -0.2) is 0 Å². The molecule has 0 rings (SSSR count). The number of nitrogens with one attached hydrogen (secondary N) is 2. The van der Waals surface area contributed by atoms with Gasteiger partial charge in [-0.2, -0.15) is 0 Å². The predicted octanol–water partition coefficient (Wildman–Crippen LogP) is 1.78. The molecule has 0 saturated carbocycles. The first-order chi connectivity index (χ1) is 4.27. The van der Waals surface area contributed by atoms with Crippen molar-refractivity contribution in [3.8, 4) is 0 Å². The summed E-state index contributed by atoms with van der Waals surface area (Å²) in [6.45, 7) is 12.8. The van der Waals surface area contributed by atoms with Crippen LogP contribution in [0.4, 0.5) is 0 Å². The number of rotatable bonds is 3. The molecule has 0 heterocycles. The fraction of sp³-hybridized carbons (Fsp3) is 0.429. The molecule has 0 amide bonds. The fourth-order valence-electron chi connectivity index (χ4n) is 0.174. The Hall–Kier alpha value is -0.920. The van der Waals surface area contributed by atoms with Crippen LogP contribution in [0.15, 0.2) is 25.1 Å². The van der Waals surface area contributed by atoms with Crippen molar-refractivity contribution in [3.63, 3.8) is 0 Å². The summed E-state index contributed by atoms with van der Waals surface area (Å²) in [5.74, 6) is 0. The molecule has 0 aromatic rings. The van der Waals surface area contributed by atoms with Gasteiger partial charge in [0, 0.05) is 11.9 Å². The summed E-state index contributed by atoms with van der Waals surface area (Å²) in [5.41, 5.74) is 6.27. The highest BCUT2D eigenvalue weighted by molar-refractivity contribution is 4.83. The van der Waals surface area contributed by atoms with E-state index in [9.17, 15) is 0 Å². The summed E-state index contributed by atoms with van der Waals surface area (Å²) in [6, 6.07) is 0. The second kappa shape index (κ2) is 10.1. The monoisotopic (exact) mass is 128 g/mol. The quantitative estimate of drug-likeness (QED) is 0.566. The van der Waals surface area contributed by atoms with E-state index >= 15 is 0 Å². The molecule has 2 heteroatoms. The molecule has 0 aromatic carbocycles. The lowest BCUT2D eigenvalue weighted by molar-refractivity contribution is 0.734. The third kappa shape index (κ3) is 19.3. The van der Waals surface area contributed by atoms with Gasteiger partial charge in [-0.1, -0.05) is 27.0 Å². The molecule has 0 aliphatic rings. The van der Waals surface area contributed by atoms with Gasteiger partial charge in [-0.3, -0.25) is 0 Å². The maximum absolute atomic E-state index is 3.57. The van der Waals surface area contributed by atoms with E-state index < -0.39 is 0 Å². The number of allylic oxidation sites excluding steroid dienone is 1. The number of hydrogen-bond donors (Lipinski definition) is 2. The van der Waals surface area contributed by atoms with Crippen LogP contribution in [-0.4, -0.2) is 0 Å². The minimum Gasteiger partial charge on any atom is -0.309 e. The normalized spacial score (nSPS) is 6.11. The molecule has 0 aliphatic heterocycles. The van der Waals surface area contributed by atoms with Crippen molar-refractivity contribution >= 4 is 0 Å². The molecule has 0 bridgehead atoms. The Kier molecular flexibility index (Phi) is 12.3. The molecular weight excluding hydrogens is 112 g/mol. The number of hydrazine groups is 1. The molecule has 2 N–H and O–H groups in total. The fourth-order valence-corrected chi connectivity index (χ4v) is 0.174. The highest BCUT2D eigenvalue weighted by atomic mass is 15.3. The van der Waals surface area contributed by atoms with E-state index in [1.807, 2.05) is 20.8 Å². The van der Waals surface area contributed by atoms with Crippen molar-refractivity contribution in [3.05, 3.63) is 25.1 Å². The van der Waals surface area contributed by atoms with E-state index in [1.165, 1.54) is 0 Å². The molecule has 0 fully saturated rings. The van der Waals surface area contributed by atoms with Crippen LogP contribution >= 0.6 is 0 Å². The molecule has 54 valence electrons. The van der Waals surface area contributed by atoms with Crippen LogP contribution < -0.4 is 10.9 Å². The van der Waals surface area contributed by atoms with Crippen LogP contribution in [0.25, 0.3) is 0 Å². The van der Waals surface area contributed by atoms with Crippen molar-refractivity contribution in [1.82, 2.24) is 10.9 Å². The second-order valence-corrected chi connectivity index (χ2v) is 1.25. The second-order valence-electron chi connectivity index (χ2n) is 1.25. The molecule has 0 aliphatic carbocycles. The van der Waals surface area contributed by atoms with Crippen LogP contribution in [0.1, 0.15) is 20.8 Å². The molecule has 0 radical (unpaired) electrons. The average Bonchev–Trinajstić information content (AvgIpc) is 1.88. The van der Waals surface area contributed by atoms with E-state index in [2.05, 4.69) is 24.0 Å². The highest BCUT2D eigenvalue weighted by Gasteiger charge is 1.70. The Morgan fingerprint density at radius 1 is 1.44 bits per heavy atom. The Balaban J connectivity index is 0. The Labute approximate surface area is 57.6 Å². The summed E-state index contributed by atoms with van der Waals surface area (Å²) in [4.78, 5) is 0. The van der Waals surface area contributed by atoms with Gasteiger partial charge in [-0.15, -0.1) is 0 Å². The van der Waals surface area contributed by atoms with Gasteiger partial charge in [-0.05, 0) is 6.92 Å². The molecule has 0 aromatic heterocycles. The van der Waals surface area contributed by atoms with Crippen molar-refractivity contribution in [2.75, 3.05) is 0 Å². The van der Waals surface area contributed by atoms with Crippen LogP contribution in [0.3, 0.4) is 0 Å². The Bertz CT molecular complexity index is 77.0. The van der Waals surface area contributed by atoms with Crippen molar-refractivity contribution < 1.29 is 0 Å². The van der Waals surface area contributed by atoms with Crippen LogP contribution in [-0.2, 0) is 0 Å². The maximum atomic E-state index is 3.57. The molecule has 0 unspecified atom stereocenters. The first-order valence-electron chi connectivity index (χ1n) is 3.05. The van der Waals surface area contributed by atoms with Gasteiger partial charge < -0.3 is 10.9 Å². The van der Waals surface area contributed by atoms with E-state index in [0.29, 0.717) is 0 Å². The summed E-state index contributed by atoms with van der Waals surface area (Å²) >= 11 is 0. The van der Waals surface area contributed by atoms with Crippen LogP contribution in [0.2, 0.25) is 0 Å². The molecular formula is C7H16N2. The largest absolute Gasteiger partial charge is 0.309 e. The Morgan fingerprint density at radius 3 is 2.00 bits per heavy atom. The highest BCUT2D eigenvalue weighted by Crippen LogP contribution is 1.69. The van der Waals surface area contributed by atoms with Crippen molar-refractivity contribution in [2.45, 2.75) is 20.8 Å². The molecule has 2 nitrogen and oxygen atoms in total. The van der Waals surface area contributed by atoms with E-state index in [4.69, 9.17) is 0 Å². The van der Waals surface area contributed by atoms with Gasteiger partial charge in [0.05, 0.1) is 0 Å². The predicted molar refractivity (Wildman–Crippen MR) is 42.6 cm³/mol. The lowest BCUT2D eigenvalue weighted by Crippen LogP contribution is -2.23. The third-order valence-corrected chi connectivity index (χ3v) is 0.388. The standard InChI is InChI=1S/C5H10N2.C2H6/c1-4-6-7-5(2)3;1-2/h4,6-7H,1-2H2,3H3;1-2H3. The first kappa shape index (κ1) is 11.0. The summed E-state index contributed by atoms with van der Waals surface area (Å²) in [5, 5.41) is 0. The van der Waals surface area contributed by atoms with Gasteiger partial charge in [0.2, 0.25) is 0 Å². The van der Waals surface area contributed by atoms with Crippen molar-refractivity contribution in [2.24, 2.45) is 0 Å². The van der Waals surface area contributed by atoms with Crippen molar-refractivity contribution in [1.29, 1.82) is 0 Å². The minimum atomic E-state index is 0.875. The zero-order valence-electron chi connectivity index (χ0n) is 6.49. The zero-order chi connectivity index (χ0) is 7.70. The lowest BCUT2D eigenvalue weighted by Gasteiger charge is -2.00. The van der Waals surface area contributed by atoms with Crippen LogP contribution in [0.5, 0.6) is 0 Å². The summed E-state index contributed by atoms with van der Waals surface area (Å²) in [6.07, 6.45) is 1.55. The smallest absolute Gasteiger partial charge is 0.0211 e.